The monoisotopic (exact) mass is 229 g/mol. The Morgan fingerprint density at radius 2 is 1.36 bits per heavy atom. The zero-order valence-corrected chi connectivity index (χ0v) is 9.26. The van der Waals surface area contributed by atoms with E-state index in [0.717, 1.165) is 0 Å². The van der Waals surface area contributed by atoms with Crippen molar-refractivity contribution in [2.75, 3.05) is 5.73 Å². The smallest absolute Gasteiger partial charge is 0.0780 e. The molecule has 1 atom stereocenters. The van der Waals surface area contributed by atoms with E-state index in [-0.39, 0.29) is 9.90 Å². The summed E-state index contributed by atoms with van der Waals surface area (Å²) < 4.78 is 0. The summed E-state index contributed by atoms with van der Waals surface area (Å²) >= 11 is 16.9. The van der Waals surface area contributed by atoms with Gasteiger partial charge in [-0.1, -0.05) is 34.8 Å². The lowest BCUT2D eigenvalue weighted by molar-refractivity contribution is 1.68. The van der Waals surface area contributed by atoms with Crippen molar-refractivity contribution in [1.82, 2.24) is 0 Å². The molecule has 62 valence electrons. The van der Waals surface area contributed by atoms with Gasteiger partial charge in [-0.15, -0.1) is 0 Å². The number of hydrogen-bond donors (Lipinski definition) is 1. The molecule has 0 radical (unpaired) electrons. The van der Waals surface area contributed by atoms with Crippen molar-refractivity contribution < 1.29 is 0 Å². The Hall–Kier alpha value is 0.320. The number of nitrogen functional groups attached to an aromatic ring is 1. The Bertz CT molecular complexity index is 241. The number of benzene rings is 1. The van der Waals surface area contributed by atoms with Crippen LogP contribution in [0, 0.1) is 0 Å². The van der Waals surface area contributed by atoms with Gasteiger partial charge in [-0.05, 0) is 12.1 Å². The molecule has 1 aromatic rings. The second-order valence-electron chi connectivity index (χ2n) is 1.80. The second kappa shape index (κ2) is 4.37. The number of hydrogen-bond acceptors (Lipinski definition) is 1. The SMILES string of the molecule is Nc1cc(Cl)c(Cl)c(Cl)c1.P. The van der Waals surface area contributed by atoms with E-state index < -0.39 is 0 Å². The fraction of sp³-hybridized carbons (Fsp3) is 0. The van der Waals surface area contributed by atoms with Crippen LogP contribution in [-0.4, -0.2) is 0 Å². The van der Waals surface area contributed by atoms with Gasteiger partial charge in [0.05, 0.1) is 15.1 Å². The van der Waals surface area contributed by atoms with Crippen LogP contribution in [0.4, 0.5) is 5.69 Å². The number of rotatable bonds is 0. The molecular formula is C6H7Cl3NP. The van der Waals surface area contributed by atoms with E-state index >= 15 is 0 Å². The number of nitrogens with two attached hydrogens (primary N) is 1. The molecule has 11 heavy (non-hydrogen) atoms. The summed E-state index contributed by atoms with van der Waals surface area (Å²) in [7, 11) is 0. The van der Waals surface area contributed by atoms with Crippen molar-refractivity contribution in [2.24, 2.45) is 0 Å². The van der Waals surface area contributed by atoms with Gasteiger partial charge in [0.2, 0.25) is 0 Å². The van der Waals surface area contributed by atoms with E-state index in [2.05, 4.69) is 0 Å². The zero-order chi connectivity index (χ0) is 7.72. The Kier molecular flexibility index (Phi) is 4.50. The molecular weight excluding hydrogens is 223 g/mol. The molecule has 0 aliphatic rings. The van der Waals surface area contributed by atoms with E-state index in [1.54, 1.807) is 12.1 Å². The molecule has 0 amide bonds. The third-order valence-electron chi connectivity index (χ3n) is 1.01. The van der Waals surface area contributed by atoms with E-state index in [1.807, 2.05) is 0 Å². The van der Waals surface area contributed by atoms with Gasteiger partial charge in [-0.3, -0.25) is 0 Å². The lowest BCUT2D eigenvalue weighted by Crippen LogP contribution is -1.84. The van der Waals surface area contributed by atoms with Gasteiger partial charge in [0.15, 0.2) is 0 Å². The van der Waals surface area contributed by atoms with Crippen LogP contribution in [0.25, 0.3) is 0 Å². The third kappa shape index (κ3) is 2.68. The van der Waals surface area contributed by atoms with Crippen molar-refractivity contribution in [1.29, 1.82) is 0 Å². The molecule has 2 N–H and O–H groups in total. The average molecular weight is 230 g/mol. The highest BCUT2D eigenvalue weighted by Gasteiger charge is 2.02. The van der Waals surface area contributed by atoms with Crippen molar-refractivity contribution >= 4 is 50.4 Å². The standard InChI is InChI=1S/C6H4Cl3N.H3P/c7-4-1-3(10)2-5(8)6(4)9;/h1-2H,10H2;1H3. The van der Waals surface area contributed by atoms with E-state index in [1.165, 1.54) is 0 Å². The van der Waals surface area contributed by atoms with Crippen LogP contribution in [0.5, 0.6) is 0 Å². The molecule has 0 heterocycles. The Morgan fingerprint density at radius 1 is 1.00 bits per heavy atom. The molecule has 0 aliphatic heterocycles. The summed E-state index contributed by atoms with van der Waals surface area (Å²) in [4.78, 5) is 0. The van der Waals surface area contributed by atoms with Gasteiger partial charge in [0.1, 0.15) is 0 Å². The maximum absolute atomic E-state index is 5.63. The summed E-state index contributed by atoms with van der Waals surface area (Å²) in [6.45, 7) is 0. The van der Waals surface area contributed by atoms with Gasteiger partial charge < -0.3 is 5.73 Å². The topological polar surface area (TPSA) is 26.0 Å². The highest BCUT2D eigenvalue weighted by atomic mass is 35.5. The molecule has 0 fully saturated rings. The summed E-state index contributed by atoms with van der Waals surface area (Å²) in [5, 5.41) is 1.11. The summed E-state index contributed by atoms with van der Waals surface area (Å²) in [6, 6.07) is 3.10. The predicted molar refractivity (Wildman–Crippen MR) is 57.0 cm³/mol. The molecule has 0 aliphatic carbocycles. The van der Waals surface area contributed by atoms with Gasteiger partial charge in [0.25, 0.3) is 0 Å². The maximum Gasteiger partial charge on any atom is 0.0780 e. The van der Waals surface area contributed by atoms with Crippen molar-refractivity contribution in [3.63, 3.8) is 0 Å². The first-order valence-corrected chi connectivity index (χ1v) is 3.64. The first-order valence-electron chi connectivity index (χ1n) is 2.51. The second-order valence-corrected chi connectivity index (χ2v) is 2.99. The van der Waals surface area contributed by atoms with Crippen LogP contribution in [0.2, 0.25) is 15.1 Å². The van der Waals surface area contributed by atoms with Crippen molar-refractivity contribution in [3.05, 3.63) is 27.2 Å². The first kappa shape index (κ1) is 11.3. The zero-order valence-electron chi connectivity index (χ0n) is 5.57. The predicted octanol–water partition coefficient (Wildman–Crippen LogP) is 3.29. The van der Waals surface area contributed by atoms with Crippen LogP contribution in [0.15, 0.2) is 12.1 Å². The number of anilines is 1. The van der Waals surface area contributed by atoms with Gasteiger partial charge in [-0.25, -0.2) is 0 Å². The van der Waals surface area contributed by atoms with Crippen molar-refractivity contribution in [3.8, 4) is 0 Å². The van der Waals surface area contributed by atoms with Gasteiger partial charge in [0, 0.05) is 5.69 Å². The molecule has 0 bridgehead atoms. The summed E-state index contributed by atoms with van der Waals surface area (Å²) in [5.74, 6) is 0. The molecule has 1 rings (SSSR count). The molecule has 5 heteroatoms. The average Bonchev–Trinajstić information content (AvgIpc) is 1.82. The minimum Gasteiger partial charge on any atom is -0.399 e. The van der Waals surface area contributed by atoms with Gasteiger partial charge in [-0.2, -0.15) is 9.90 Å². The lowest BCUT2D eigenvalue weighted by atomic mass is 10.3. The first-order chi connectivity index (χ1) is 4.61. The fourth-order valence-corrected chi connectivity index (χ4v) is 1.19. The van der Waals surface area contributed by atoms with Crippen LogP contribution in [-0.2, 0) is 0 Å². The third-order valence-corrected chi connectivity index (χ3v) is 2.20. The Balaban J connectivity index is 0.000001000. The fourth-order valence-electron chi connectivity index (χ4n) is 0.575. The highest BCUT2D eigenvalue weighted by molar-refractivity contribution is 6.92. The largest absolute Gasteiger partial charge is 0.399 e. The van der Waals surface area contributed by atoms with E-state index in [9.17, 15) is 0 Å². The maximum atomic E-state index is 5.63. The van der Waals surface area contributed by atoms with Crippen LogP contribution in [0.3, 0.4) is 0 Å². The van der Waals surface area contributed by atoms with Crippen LogP contribution in [0.1, 0.15) is 0 Å². The molecule has 1 unspecified atom stereocenters. The minimum atomic E-state index is 0. The van der Waals surface area contributed by atoms with Crippen LogP contribution >= 0.6 is 44.7 Å². The summed E-state index contributed by atoms with van der Waals surface area (Å²) in [6.07, 6.45) is 0. The van der Waals surface area contributed by atoms with Crippen molar-refractivity contribution in [2.45, 2.75) is 0 Å². The minimum absolute atomic E-state index is 0. The molecule has 0 saturated heterocycles. The summed E-state index contributed by atoms with van der Waals surface area (Å²) in [5.41, 5.74) is 5.91. The highest BCUT2D eigenvalue weighted by Crippen LogP contribution is 2.31. The molecule has 0 aromatic heterocycles. The number of halogens is 3. The Morgan fingerprint density at radius 3 is 1.73 bits per heavy atom. The van der Waals surface area contributed by atoms with E-state index in [4.69, 9.17) is 40.5 Å². The Labute approximate surface area is 83.4 Å². The van der Waals surface area contributed by atoms with Gasteiger partial charge >= 0.3 is 0 Å². The molecule has 1 aromatic carbocycles. The molecule has 0 spiro atoms. The quantitative estimate of drug-likeness (QED) is 0.413. The lowest BCUT2D eigenvalue weighted by Gasteiger charge is -1.99. The van der Waals surface area contributed by atoms with Crippen LogP contribution < -0.4 is 5.73 Å². The normalized spacial score (nSPS) is 9.00. The van der Waals surface area contributed by atoms with E-state index in [0.29, 0.717) is 20.8 Å². The molecule has 1 nitrogen and oxygen atoms in total. The molecule has 0 saturated carbocycles.